The van der Waals surface area contributed by atoms with E-state index in [0.717, 1.165) is 185 Å². The van der Waals surface area contributed by atoms with E-state index in [-0.39, 0.29) is 31.1 Å². The van der Waals surface area contributed by atoms with Gasteiger partial charge in [-0.05, 0) is 265 Å². The molecule has 18 rings (SSSR count). The molecule has 664 valence electrons. The number of nitrogens with one attached hydrogen (secondary N) is 5. The predicted molar refractivity (Wildman–Crippen MR) is 525 cm³/mol. The molecule has 0 spiro atoms. The van der Waals surface area contributed by atoms with Crippen LogP contribution < -0.4 is 36.4 Å². The van der Waals surface area contributed by atoms with Crippen LogP contribution in [0.25, 0.3) is 45.1 Å². The Hall–Kier alpha value is -14.4. The molecule has 0 atom stereocenters. The fraction of sp³-hybridized carbons (Fsp3) is 0.260. The van der Waals surface area contributed by atoms with Crippen LogP contribution in [0.3, 0.4) is 0 Å². The van der Waals surface area contributed by atoms with E-state index >= 15 is 0 Å². The van der Waals surface area contributed by atoms with Crippen molar-refractivity contribution in [3.8, 4) is 11.1 Å². The smallest absolute Gasteiger partial charge is 0.259 e. The molecule has 16 aromatic rings. The summed E-state index contributed by atoms with van der Waals surface area (Å²) in [6.45, 7) is 33.9. The third-order valence-corrected chi connectivity index (χ3v) is 22.7. The van der Waals surface area contributed by atoms with Crippen molar-refractivity contribution in [3.63, 3.8) is 0 Å². The molecule has 6 aromatic carbocycles. The molecule has 0 radical (unpaired) electrons. The number of benzene rings is 6. The molecule has 25 heteroatoms. The van der Waals surface area contributed by atoms with Gasteiger partial charge in [0.25, 0.3) is 23.6 Å². The number of morpholine rings is 1. The molecule has 12 heterocycles. The first kappa shape index (κ1) is 92.3. The Bertz CT molecular complexity index is 6610. The number of hydrogen-bond donors (Lipinski definition) is 5. The SMILES string of the molecule is C.C=C(Nc1ccc(N(C)C)cc1)c1ccn2c(C)cc(C)nc12.Cc1cc(C)n2ccc(C(=O)Nc3ccc(-c4ccccc4)cc3)c2n1.Cc1cc(C)n2ccc(C(=O)Nc3ccc(CCN4CCN(C)CC4)cc3)c2n1.Cc1cc(C)n2ccc(C(=O)Nc3ccc(CN(C)C)cc3)c2n1.Cc1cc(C)n2ccc(C(=O)Nc3ccc(N4CCOCC4)cc3)c2n1. The van der Waals surface area contributed by atoms with Gasteiger partial charge in [-0.2, -0.15) is 0 Å². The van der Waals surface area contributed by atoms with Crippen molar-refractivity contribution in [3.05, 3.63) is 346 Å². The number of nitrogens with zero attached hydrogens (tertiary/aromatic N) is 15. The number of aryl methyl sites for hydroxylation is 10. The maximum atomic E-state index is 12.8. The Morgan fingerprint density at radius 3 is 1.05 bits per heavy atom. The number of ether oxygens (including phenoxy) is 1. The van der Waals surface area contributed by atoms with Gasteiger partial charge in [-0.25, -0.2) is 24.9 Å². The van der Waals surface area contributed by atoms with Gasteiger partial charge >= 0.3 is 0 Å². The van der Waals surface area contributed by atoms with Crippen LogP contribution >= 0.6 is 0 Å². The van der Waals surface area contributed by atoms with Gasteiger partial charge in [-0.3, -0.25) is 19.2 Å². The summed E-state index contributed by atoms with van der Waals surface area (Å²) in [6.07, 6.45) is 10.6. The fourth-order valence-corrected chi connectivity index (χ4v) is 15.9. The van der Waals surface area contributed by atoms with Crippen LogP contribution in [0.5, 0.6) is 0 Å². The number of rotatable bonds is 19. The third kappa shape index (κ3) is 23.1. The van der Waals surface area contributed by atoms with Gasteiger partial charge in [0.15, 0.2) is 0 Å². The van der Waals surface area contributed by atoms with E-state index in [0.29, 0.717) is 44.8 Å². The fourth-order valence-electron chi connectivity index (χ4n) is 15.9. The topological polar surface area (TPSA) is 240 Å². The van der Waals surface area contributed by atoms with Crippen molar-refractivity contribution < 1.29 is 23.9 Å². The zero-order chi connectivity index (χ0) is 90.4. The van der Waals surface area contributed by atoms with Gasteiger partial charge in [-0.1, -0.05) is 80.7 Å². The molecule has 2 aliphatic rings. The van der Waals surface area contributed by atoms with E-state index in [9.17, 15) is 19.2 Å². The van der Waals surface area contributed by atoms with E-state index in [1.807, 2.05) is 291 Å². The van der Waals surface area contributed by atoms with Gasteiger partial charge in [0.05, 0.1) is 35.5 Å². The number of fused-ring (bicyclic) bond motifs is 5. The third-order valence-electron chi connectivity index (χ3n) is 22.7. The minimum Gasteiger partial charge on any atom is -0.378 e. The zero-order valence-corrected chi connectivity index (χ0v) is 75.8. The highest BCUT2D eigenvalue weighted by Gasteiger charge is 2.22. The molecule has 0 unspecified atom stereocenters. The Balaban J connectivity index is 0.000000138. The van der Waals surface area contributed by atoms with Gasteiger partial charge in [0.1, 0.15) is 28.2 Å². The first-order valence-electron chi connectivity index (χ1n) is 43.2. The maximum absolute atomic E-state index is 12.8. The van der Waals surface area contributed by atoms with Crippen molar-refractivity contribution in [2.45, 2.75) is 89.6 Å². The average Bonchev–Trinajstić information content (AvgIpc) is 1.67. The lowest BCUT2D eigenvalue weighted by atomic mass is 10.1. The van der Waals surface area contributed by atoms with Gasteiger partial charge in [-0.15, -0.1) is 0 Å². The molecular weight excluding hydrogens is 1610 g/mol. The highest BCUT2D eigenvalue weighted by molar-refractivity contribution is 6.11. The Kier molecular flexibility index (Phi) is 29.9. The normalized spacial score (nSPS) is 12.7. The van der Waals surface area contributed by atoms with E-state index in [4.69, 9.17) is 4.74 Å². The molecule has 10 aromatic heterocycles. The Morgan fingerprint density at radius 2 is 0.690 bits per heavy atom. The summed E-state index contributed by atoms with van der Waals surface area (Å²) in [5.41, 5.74) is 29.2. The first-order chi connectivity index (χ1) is 61.6. The van der Waals surface area contributed by atoms with E-state index in [1.54, 1.807) is 0 Å². The molecule has 129 heavy (non-hydrogen) atoms. The van der Waals surface area contributed by atoms with E-state index < -0.39 is 0 Å². The molecule has 5 N–H and O–H groups in total. The largest absolute Gasteiger partial charge is 0.378 e. The number of hydrogen-bond acceptors (Lipinski definition) is 16. The zero-order valence-electron chi connectivity index (χ0n) is 75.8. The first-order valence-corrected chi connectivity index (χ1v) is 43.2. The second-order valence-corrected chi connectivity index (χ2v) is 33.3. The van der Waals surface area contributed by atoms with Gasteiger partial charge < -0.3 is 77.8 Å². The maximum Gasteiger partial charge on any atom is 0.259 e. The van der Waals surface area contributed by atoms with Crippen LogP contribution in [-0.2, 0) is 17.7 Å². The lowest BCUT2D eigenvalue weighted by Crippen LogP contribution is -2.45. The number of aromatic nitrogens is 10. The monoisotopic (exact) mass is 1730 g/mol. The number of amides is 4. The number of carbonyl (C=O) groups is 4. The number of anilines is 7. The summed E-state index contributed by atoms with van der Waals surface area (Å²) in [5, 5.41) is 15.3. The van der Waals surface area contributed by atoms with Crippen molar-refractivity contribution >= 4 is 97.4 Å². The predicted octanol–water partition coefficient (Wildman–Crippen LogP) is 18.9. The number of likely N-dealkylation sites (N-methyl/N-ethyl adjacent to an activating group) is 1. The molecule has 2 fully saturated rings. The molecule has 2 saturated heterocycles. The van der Waals surface area contributed by atoms with Crippen LogP contribution in [-0.4, -0.2) is 180 Å². The summed E-state index contributed by atoms with van der Waals surface area (Å²) < 4.78 is 15.2. The minimum atomic E-state index is -0.155. The van der Waals surface area contributed by atoms with Crippen LogP contribution in [0.1, 0.15) is 122 Å². The average molecular weight is 1730 g/mol. The van der Waals surface area contributed by atoms with E-state index in [1.165, 1.54) is 22.5 Å². The van der Waals surface area contributed by atoms with Crippen molar-refractivity contribution in [1.82, 2.24) is 61.6 Å². The lowest BCUT2D eigenvalue weighted by Gasteiger charge is -2.32. The molecule has 2 aliphatic heterocycles. The van der Waals surface area contributed by atoms with Gasteiger partial charge in [0.2, 0.25) is 0 Å². The molecule has 0 aliphatic carbocycles. The summed E-state index contributed by atoms with van der Waals surface area (Å²) in [5.74, 6) is -0.577. The Labute approximate surface area is 755 Å². The highest BCUT2D eigenvalue weighted by atomic mass is 16.5. The van der Waals surface area contributed by atoms with Crippen molar-refractivity contribution in [1.29, 1.82) is 0 Å². The standard InChI is InChI=1S/C23H29N5O.C22H19N3O.C20H22N4O2.C19H22N4O.C19H22N4.CH4/c1-17-16-18(2)28-11-9-21(22(28)24-17)23(29)25-20-6-4-19(5-7-20)8-10-27-14-12-26(3)13-15-27;1-15-14-16(2)25-13-12-20(21(25)23-15)22(26)24-19-10-8-18(9-11-19)17-6-4-3-5-7-17;1-14-13-15(2)24-8-7-18(19(24)21-14)20(25)22-16-3-5-17(6-4-16)23-9-11-26-12-10-23;1-13-11-14(2)23-10-9-17(18(23)20-13)19(24)21-16-7-5-15(6-8-16)12-22(3)4;1-13-12-14(2)23-11-10-18(19(23)20-13)15(3)21-16-6-8-17(9-7-16)22(4)5;/h4-7,9,11,16H,8,10,12-15H2,1-3H3,(H,25,29);3-14H,1-2H3,(H,24,26);3-8,13H,9-12H2,1-2H3,(H,22,25);5-11H,12H2,1-4H3,(H,21,24);6-12,21H,3H2,1-2,4-5H3;1H4. The quantitative estimate of drug-likeness (QED) is 0.0506. The summed E-state index contributed by atoms with van der Waals surface area (Å²) in [6, 6.07) is 69.7. The van der Waals surface area contributed by atoms with Gasteiger partial charge in [0, 0.05) is 205 Å². The minimum absolute atomic E-state index is 0. The molecular formula is C104H118N20O5. The number of piperazine rings is 1. The lowest BCUT2D eigenvalue weighted by molar-refractivity contribution is 0.102. The van der Waals surface area contributed by atoms with Crippen LogP contribution in [0, 0.1) is 69.2 Å². The summed E-state index contributed by atoms with van der Waals surface area (Å²) >= 11 is 0. The summed E-state index contributed by atoms with van der Waals surface area (Å²) in [7, 11) is 10.3. The van der Waals surface area contributed by atoms with Crippen LogP contribution in [0.15, 0.2) is 250 Å². The van der Waals surface area contributed by atoms with Crippen LogP contribution in [0.4, 0.5) is 39.8 Å². The number of carbonyl (C=O) groups excluding carboxylic acids is 4. The molecule has 0 saturated carbocycles. The summed E-state index contributed by atoms with van der Waals surface area (Å²) in [4.78, 5) is 84.9. The highest BCUT2D eigenvalue weighted by Crippen LogP contribution is 2.29. The molecule has 25 nitrogen and oxygen atoms in total. The molecule has 4 amide bonds. The second kappa shape index (κ2) is 41.8. The second-order valence-electron chi connectivity index (χ2n) is 33.3. The van der Waals surface area contributed by atoms with Crippen molar-refractivity contribution in [2.75, 3.05) is 131 Å². The van der Waals surface area contributed by atoms with E-state index in [2.05, 4.69) is 162 Å². The van der Waals surface area contributed by atoms with Crippen LogP contribution in [0.2, 0.25) is 0 Å². The Morgan fingerprint density at radius 1 is 0.372 bits per heavy atom. The molecule has 0 bridgehead atoms. The van der Waals surface area contributed by atoms with Crippen molar-refractivity contribution in [2.24, 2.45) is 0 Å².